The Bertz CT molecular complexity index is 565. The van der Waals surface area contributed by atoms with Gasteiger partial charge in [0.25, 0.3) is 5.91 Å². The number of imide groups is 1. The quantitative estimate of drug-likeness (QED) is 0.664. The summed E-state index contributed by atoms with van der Waals surface area (Å²) in [4.78, 5) is 36.9. The number of amides is 2. The van der Waals surface area contributed by atoms with Gasteiger partial charge in [0.05, 0.1) is 18.2 Å². The number of rotatable bonds is 5. The van der Waals surface area contributed by atoms with Gasteiger partial charge in [-0.15, -0.1) is 0 Å². The summed E-state index contributed by atoms with van der Waals surface area (Å²) in [6.07, 6.45) is 1.07. The van der Waals surface area contributed by atoms with E-state index in [4.69, 9.17) is 0 Å². The number of nitrogens with one attached hydrogen (secondary N) is 1. The number of hydrogen-bond donors (Lipinski definition) is 1. The lowest BCUT2D eigenvalue weighted by atomic mass is 10.1. The Balaban J connectivity index is 2.18. The van der Waals surface area contributed by atoms with Crippen LogP contribution >= 0.6 is 0 Å². The van der Waals surface area contributed by atoms with Crippen molar-refractivity contribution in [2.24, 2.45) is 0 Å². The molecule has 1 N–H and O–H groups in total. The first-order valence-corrected chi connectivity index (χ1v) is 7.18. The van der Waals surface area contributed by atoms with Crippen LogP contribution in [-0.2, 0) is 9.59 Å². The Labute approximate surface area is 124 Å². The molecule has 2 unspecified atom stereocenters. The average molecular weight is 288 g/mol. The molecule has 0 aromatic heterocycles. The average Bonchev–Trinajstić information content (AvgIpc) is 2.73. The second kappa shape index (κ2) is 6.18. The first-order chi connectivity index (χ1) is 9.93. The lowest BCUT2D eigenvalue weighted by Gasteiger charge is -2.18. The van der Waals surface area contributed by atoms with E-state index in [0.29, 0.717) is 11.3 Å². The molecule has 1 aliphatic rings. The summed E-state index contributed by atoms with van der Waals surface area (Å²) in [5.74, 6) is -0.482. The molecular formula is C16H20N2O3. The van der Waals surface area contributed by atoms with Crippen molar-refractivity contribution in [3.63, 3.8) is 0 Å². The number of Topliss-reactive ketones (excluding diaryl/α,β-unsaturated/α-hetero) is 1. The summed E-state index contributed by atoms with van der Waals surface area (Å²) in [6.45, 7) is 5.49. The molecule has 2 amide bonds. The summed E-state index contributed by atoms with van der Waals surface area (Å²) >= 11 is 0. The molecule has 1 aromatic rings. The summed E-state index contributed by atoms with van der Waals surface area (Å²) < 4.78 is 0. The van der Waals surface area contributed by atoms with Gasteiger partial charge >= 0.3 is 0 Å². The molecule has 5 nitrogen and oxygen atoms in total. The molecule has 1 aromatic carbocycles. The summed E-state index contributed by atoms with van der Waals surface area (Å²) in [5, 5.41) is 3.17. The van der Waals surface area contributed by atoms with E-state index < -0.39 is 6.04 Å². The zero-order valence-corrected chi connectivity index (χ0v) is 12.6. The molecule has 0 saturated carbocycles. The van der Waals surface area contributed by atoms with Crippen molar-refractivity contribution in [1.82, 2.24) is 5.32 Å². The molecule has 0 bridgehead atoms. The Morgan fingerprint density at radius 2 is 1.95 bits per heavy atom. The molecule has 0 radical (unpaired) electrons. The number of benzene rings is 1. The molecule has 2 rings (SSSR count). The van der Waals surface area contributed by atoms with Gasteiger partial charge in [-0.1, -0.05) is 6.92 Å². The van der Waals surface area contributed by atoms with Crippen LogP contribution in [0.25, 0.3) is 0 Å². The fraction of sp³-hybridized carbons (Fsp3) is 0.438. The van der Waals surface area contributed by atoms with Gasteiger partial charge in [-0.2, -0.15) is 0 Å². The number of ketones is 1. The van der Waals surface area contributed by atoms with E-state index in [0.717, 1.165) is 6.42 Å². The third-order valence-electron chi connectivity index (χ3n) is 3.78. The van der Waals surface area contributed by atoms with Crippen molar-refractivity contribution in [2.75, 3.05) is 4.90 Å². The normalized spacial score (nSPS) is 20.0. The van der Waals surface area contributed by atoms with E-state index in [1.165, 1.54) is 11.8 Å². The van der Waals surface area contributed by atoms with Crippen molar-refractivity contribution in [2.45, 2.75) is 45.7 Å². The van der Waals surface area contributed by atoms with Gasteiger partial charge < -0.3 is 5.32 Å². The predicted molar refractivity (Wildman–Crippen MR) is 80.2 cm³/mol. The Morgan fingerprint density at radius 1 is 1.33 bits per heavy atom. The minimum absolute atomic E-state index is 0.0445. The standard InChI is InChI=1S/C16H20N2O3/c1-4-10(2)17-14-9-15(20)18(16(14)21)13-7-5-12(6-8-13)11(3)19/h5-8,10,14,17H,4,9H2,1-3H3. The number of nitrogens with zero attached hydrogens (tertiary/aromatic N) is 1. The number of hydrogen-bond acceptors (Lipinski definition) is 4. The van der Waals surface area contributed by atoms with Crippen molar-refractivity contribution in [1.29, 1.82) is 0 Å². The highest BCUT2D eigenvalue weighted by atomic mass is 16.2. The van der Waals surface area contributed by atoms with Gasteiger partial charge in [0.1, 0.15) is 0 Å². The Morgan fingerprint density at radius 3 is 2.48 bits per heavy atom. The van der Waals surface area contributed by atoms with Crippen LogP contribution < -0.4 is 10.2 Å². The van der Waals surface area contributed by atoms with Gasteiger partial charge in [-0.05, 0) is 44.5 Å². The van der Waals surface area contributed by atoms with Gasteiger partial charge in [-0.25, -0.2) is 4.90 Å². The lowest BCUT2D eigenvalue weighted by molar-refractivity contribution is -0.121. The summed E-state index contributed by atoms with van der Waals surface area (Å²) in [5.41, 5.74) is 1.08. The number of carbonyl (C=O) groups is 3. The van der Waals surface area contributed by atoms with Crippen LogP contribution in [0.5, 0.6) is 0 Å². The molecule has 1 aliphatic heterocycles. The fourth-order valence-corrected chi connectivity index (χ4v) is 2.34. The highest BCUT2D eigenvalue weighted by molar-refractivity contribution is 6.22. The molecule has 1 heterocycles. The first kappa shape index (κ1) is 15.4. The van der Waals surface area contributed by atoms with Gasteiger partial charge in [0.15, 0.2) is 5.78 Å². The van der Waals surface area contributed by atoms with Crippen molar-refractivity contribution >= 4 is 23.3 Å². The fourth-order valence-electron chi connectivity index (χ4n) is 2.34. The molecule has 5 heteroatoms. The zero-order valence-electron chi connectivity index (χ0n) is 12.6. The van der Waals surface area contributed by atoms with Gasteiger partial charge in [0, 0.05) is 11.6 Å². The molecule has 1 saturated heterocycles. The minimum atomic E-state index is -0.458. The van der Waals surface area contributed by atoms with Gasteiger partial charge in [-0.3, -0.25) is 14.4 Å². The molecule has 0 aliphatic carbocycles. The van der Waals surface area contributed by atoms with Crippen molar-refractivity contribution < 1.29 is 14.4 Å². The zero-order chi connectivity index (χ0) is 15.6. The maximum Gasteiger partial charge on any atom is 0.251 e. The maximum absolute atomic E-state index is 12.4. The SMILES string of the molecule is CCC(C)NC1CC(=O)N(c2ccc(C(C)=O)cc2)C1=O. The topological polar surface area (TPSA) is 66.5 Å². The second-order valence-electron chi connectivity index (χ2n) is 5.40. The van der Waals surface area contributed by atoms with Crippen LogP contribution in [0.3, 0.4) is 0 Å². The molecule has 1 fully saturated rings. The highest BCUT2D eigenvalue weighted by Crippen LogP contribution is 2.23. The molecule has 2 atom stereocenters. The first-order valence-electron chi connectivity index (χ1n) is 7.18. The van der Waals surface area contributed by atoms with Crippen LogP contribution in [0.15, 0.2) is 24.3 Å². The number of anilines is 1. The smallest absolute Gasteiger partial charge is 0.251 e. The van der Waals surface area contributed by atoms with E-state index in [-0.39, 0.29) is 30.1 Å². The molecule has 21 heavy (non-hydrogen) atoms. The van der Waals surface area contributed by atoms with E-state index in [1.54, 1.807) is 24.3 Å². The van der Waals surface area contributed by atoms with Crippen molar-refractivity contribution in [3.05, 3.63) is 29.8 Å². The highest BCUT2D eigenvalue weighted by Gasteiger charge is 2.39. The molecule has 112 valence electrons. The molecular weight excluding hydrogens is 268 g/mol. The van der Waals surface area contributed by atoms with E-state index >= 15 is 0 Å². The van der Waals surface area contributed by atoms with Crippen LogP contribution in [-0.4, -0.2) is 29.7 Å². The Kier molecular flexibility index (Phi) is 4.53. The summed E-state index contributed by atoms with van der Waals surface area (Å²) in [6, 6.07) is 6.27. The van der Waals surface area contributed by atoms with Crippen LogP contribution in [0, 0.1) is 0 Å². The van der Waals surface area contributed by atoms with Gasteiger partial charge in [0.2, 0.25) is 5.91 Å². The Hall–Kier alpha value is -2.01. The largest absolute Gasteiger partial charge is 0.303 e. The van der Waals surface area contributed by atoms with Crippen LogP contribution in [0.4, 0.5) is 5.69 Å². The van der Waals surface area contributed by atoms with E-state index in [2.05, 4.69) is 5.32 Å². The second-order valence-corrected chi connectivity index (χ2v) is 5.40. The van der Waals surface area contributed by atoms with Crippen LogP contribution in [0.1, 0.15) is 44.0 Å². The van der Waals surface area contributed by atoms with E-state index in [1.807, 2.05) is 13.8 Å². The maximum atomic E-state index is 12.4. The monoisotopic (exact) mass is 288 g/mol. The van der Waals surface area contributed by atoms with Crippen LogP contribution in [0.2, 0.25) is 0 Å². The number of carbonyl (C=O) groups excluding carboxylic acids is 3. The summed E-state index contributed by atoms with van der Waals surface area (Å²) in [7, 11) is 0. The van der Waals surface area contributed by atoms with E-state index in [9.17, 15) is 14.4 Å². The molecule has 0 spiro atoms. The third kappa shape index (κ3) is 3.19. The minimum Gasteiger partial charge on any atom is -0.303 e. The predicted octanol–water partition coefficient (Wildman–Crippen LogP) is 1.91. The third-order valence-corrected chi connectivity index (χ3v) is 3.78. The van der Waals surface area contributed by atoms with Crippen molar-refractivity contribution in [3.8, 4) is 0 Å². The lowest BCUT2D eigenvalue weighted by Crippen LogP contribution is -2.42.